The Balaban J connectivity index is 2.23. The van der Waals surface area contributed by atoms with Gasteiger partial charge in [-0.3, -0.25) is 4.98 Å². The Kier molecular flexibility index (Phi) is 2.76. The SMILES string of the molecule is COc1ncc(C(O)c2cncs2)s1. The van der Waals surface area contributed by atoms with Crippen molar-refractivity contribution in [3.05, 3.63) is 27.7 Å². The van der Waals surface area contributed by atoms with Crippen molar-refractivity contribution in [1.82, 2.24) is 9.97 Å². The summed E-state index contributed by atoms with van der Waals surface area (Å²) in [6, 6.07) is 0. The predicted octanol–water partition coefficient (Wildman–Crippen LogP) is 1.69. The second kappa shape index (κ2) is 4.04. The summed E-state index contributed by atoms with van der Waals surface area (Å²) >= 11 is 2.75. The molecule has 74 valence electrons. The maximum atomic E-state index is 9.87. The lowest BCUT2D eigenvalue weighted by molar-refractivity contribution is 0.227. The molecule has 0 aliphatic rings. The Morgan fingerprint density at radius 2 is 2.29 bits per heavy atom. The predicted molar refractivity (Wildman–Crippen MR) is 54.8 cm³/mol. The van der Waals surface area contributed by atoms with Crippen molar-refractivity contribution in [1.29, 1.82) is 0 Å². The summed E-state index contributed by atoms with van der Waals surface area (Å²) in [5, 5.41) is 10.4. The molecule has 1 unspecified atom stereocenters. The quantitative estimate of drug-likeness (QED) is 0.868. The number of aliphatic hydroxyl groups is 1. The molecule has 2 aromatic heterocycles. The maximum Gasteiger partial charge on any atom is 0.273 e. The Labute approximate surface area is 88.8 Å². The van der Waals surface area contributed by atoms with E-state index >= 15 is 0 Å². The monoisotopic (exact) mass is 228 g/mol. The number of aliphatic hydroxyl groups excluding tert-OH is 1. The number of methoxy groups -OCH3 is 1. The van der Waals surface area contributed by atoms with E-state index in [1.807, 2.05) is 0 Å². The first-order valence-electron chi connectivity index (χ1n) is 3.87. The molecule has 0 aliphatic heterocycles. The van der Waals surface area contributed by atoms with E-state index in [0.29, 0.717) is 5.19 Å². The van der Waals surface area contributed by atoms with Crippen molar-refractivity contribution in [2.75, 3.05) is 7.11 Å². The maximum absolute atomic E-state index is 9.87. The molecular formula is C8H8N2O2S2. The van der Waals surface area contributed by atoms with Gasteiger partial charge in [0, 0.05) is 12.4 Å². The van der Waals surface area contributed by atoms with E-state index in [4.69, 9.17) is 4.74 Å². The molecule has 1 N–H and O–H groups in total. The van der Waals surface area contributed by atoms with E-state index in [9.17, 15) is 5.11 Å². The van der Waals surface area contributed by atoms with Gasteiger partial charge in [-0.1, -0.05) is 11.3 Å². The highest BCUT2D eigenvalue weighted by Gasteiger charge is 2.15. The Morgan fingerprint density at radius 1 is 1.43 bits per heavy atom. The molecule has 2 aromatic rings. The minimum Gasteiger partial charge on any atom is -0.473 e. The number of hydrogen-bond donors (Lipinski definition) is 1. The van der Waals surface area contributed by atoms with Crippen molar-refractivity contribution in [3.8, 4) is 5.19 Å². The molecule has 0 spiro atoms. The Morgan fingerprint density at radius 3 is 2.86 bits per heavy atom. The first-order valence-corrected chi connectivity index (χ1v) is 5.57. The summed E-state index contributed by atoms with van der Waals surface area (Å²) in [7, 11) is 1.56. The van der Waals surface area contributed by atoms with Crippen LogP contribution < -0.4 is 4.74 Å². The molecule has 2 rings (SSSR count). The van der Waals surface area contributed by atoms with Crippen LogP contribution >= 0.6 is 22.7 Å². The van der Waals surface area contributed by atoms with Gasteiger partial charge in [-0.25, -0.2) is 4.98 Å². The van der Waals surface area contributed by atoms with E-state index in [-0.39, 0.29) is 0 Å². The normalized spacial score (nSPS) is 12.7. The van der Waals surface area contributed by atoms with Crippen molar-refractivity contribution < 1.29 is 9.84 Å². The van der Waals surface area contributed by atoms with Crippen molar-refractivity contribution >= 4 is 22.7 Å². The molecule has 1 atom stereocenters. The molecule has 6 heteroatoms. The summed E-state index contributed by atoms with van der Waals surface area (Å²) in [6.07, 6.45) is 2.64. The summed E-state index contributed by atoms with van der Waals surface area (Å²) in [5.74, 6) is 0. The summed E-state index contributed by atoms with van der Waals surface area (Å²) in [5.41, 5.74) is 1.69. The summed E-state index contributed by atoms with van der Waals surface area (Å²) < 4.78 is 4.95. The third kappa shape index (κ3) is 1.77. The lowest BCUT2D eigenvalue weighted by Crippen LogP contribution is -1.92. The molecule has 0 aliphatic carbocycles. The molecule has 0 amide bonds. The van der Waals surface area contributed by atoms with Gasteiger partial charge in [0.15, 0.2) is 0 Å². The van der Waals surface area contributed by atoms with Crippen LogP contribution in [0.15, 0.2) is 17.9 Å². The summed E-state index contributed by atoms with van der Waals surface area (Å²) in [6.45, 7) is 0. The summed E-state index contributed by atoms with van der Waals surface area (Å²) in [4.78, 5) is 9.48. The average molecular weight is 228 g/mol. The second-order valence-corrected chi connectivity index (χ2v) is 4.48. The highest BCUT2D eigenvalue weighted by Crippen LogP contribution is 2.31. The third-order valence-electron chi connectivity index (χ3n) is 1.67. The van der Waals surface area contributed by atoms with Gasteiger partial charge in [0.1, 0.15) is 6.10 Å². The second-order valence-electron chi connectivity index (χ2n) is 2.54. The van der Waals surface area contributed by atoms with Crippen LogP contribution in [0.25, 0.3) is 0 Å². The molecule has 14 heavy (non-hydrogen) atoms. The lowest BCUT2D eigenvalue weighted by Gasteiger charge is -2.02. The first kappa shape index (κ1) is 9.57. The van der Waals surface area contributed by atoms with Crippen molar-refractivity contribution in [2.24, 2.45) is 0 Å². The van der Waals surface area contributed by atoms with Gasteiger partial charge in [0.25, 0.3) is 5.19 Å². The van der Waals surface area contributed by atoms with Gasteiger partial charge in [0.05, 0.1) is 22.4 Å². The van der Waals surface area contributed by atoms with Crippen LogP contribution in [0.2, 0.25) is 0 Å². The highest BCUT2D eigenvalue weighted by molar-refractivity contribution is 7.14. The van der Waals surface area contributed by atoms with Gasteiger partial charge in [-0.05, 0) is 0 Å². The van der Waals surface area contributed by atoms with Crippen molar-refractivity contribution in [3.63, 3.8) is 0 Å². The smallest absolute Gasteiger partial charge is 0.273 e. The fraction of sp³-hybridized carbons (Fsp3) is 0.250. The number of thiazole rings is 2. The fourth-order valence-electron chi connectivity index (χ4n) is 0.992. The first-order chi connectivity index (χ1) is 6.81. The van der Waals surface area contributed by atoms with Gasteiger partial charge < -0.3 is 9.84 Å². The van der Waals surface area contributed by atoms with E-state index in [1.165, 1.54) is 22.7 Å². The largest absolute Gasteiger partial charge is 0.473 e. The highest BCUT2D eigenvalue weighted by atomic mass is 32.1. The molecule has 0 aromatic carbocycles. The number of rotatable bonds is 3. The van der Waals surface area contributed by atoms with Crippen LogP contribution in [0.1, 0.15) is 15.9 Å². The van der Waals surface area contributed by atoms with Gasteiger partial charge in [0.2, 0.25) is 0 Å². The van der Waals surface area contributed by atoms with Crippen LogP contribution in [0, 0.1) is 0 Å². The molecule has 0 fully saturated rings. The van der Waals surface area contributed by atoms with Gasteiger partial charge in [-0.15, -0.1) is 11.3 Å². The number of nitrogens with zero attached hydrogens (tertiary/aromatic N) is 2. The molecule has 0 saturated heterocycles. The topological polar surface area (TPSA) is 55.2 Å². The fourth-order valence-corrected chi connectivity index (χ4v) is 2.42. The van der Waals surface area contributed by atoms with Gasteiger partial charge in [-0.2, -0.15) is 0 Å². The van der Waals surface area contributed by atoms with E-state index in [1.54, 1.807) is 25.0 Å². The average Bonchev–Trinajstić information content (AvgIpc) is 2.88. The number of aromatic nitrogens is 2. The third-order valence-corrected chi connectivity index (χ3v) is 3.51. The van der Waals surface area contributed by atoms with Crippen LogP contribution in [-0.2, 0) is 0 Å². The molecule has 0 saturated carbocycles. The van der Waals surface area contributed by atoms with Crippen LogP contribution in [-0.4, -0.2) is 22.2 Å². The zero-order valence-electron chi connectivity index (χ0n) is 7.38. The van der Waals surface area contributed by atoms with Crippen molar-refractivity contribution in [2.45, 2.75) is 6.10 Å². The van der Waals surface area contributed by atoms with Crippen LogP contribution in [0.5, 0.6) is 5.19 Å². The molecular weight excluding hydrogens is 220 g/mol. The molecule has 4 nitrogen and oxygen atoms in total. The molecule has 0 radical (unpaired) electrons. The number of ether oxygens (including phenoxy) is 1. The van der Waals surface area contributed by atoms with Crippen LogP contribution in [0.4, 0.5) is 0 Å². The van der Waals surface area contributed by atoms with E-state index < -0.39 is 6.10 Å². The zero-order valence-corrected chi connectivity index (χ0v) is 9.01. The Bertz CT molecular complexity index is 399. The van der Waals surface area contributed by atoms with Crippen LogP contribution in [0.3, 0.4) is 0 Å². The minimum absolute atomic E-state index is 0.559. The minimum atomic E-state index is -0.635. The van der Waals surface area contributed by atoms with E-state index in [2.05, 4.69) is 9.97 Å². The van der Waals surface area contributed by atoms with E-state index in [0.717, 1.165) is 9.75 Å². The Hall–Kier alpha value is -0.980. The number of hydrogen-bond acceptors (Lipinski definition) is 6. The molecule has 0 bridgehead atoms. The molecule has 2 heterocycles. The zero-order chi connectivity index (χ0) is 9.97. The standard InChI is InChI=1S/C8H8N2O2S2/c1-12-8-10-3-6(14-8)7(11)5-2-9-4-13-5/h2-4,7,11H,1H3. The van der Waals surface area contributed by atoms with Gasteiger partial charge >= 0.3 is 0 Å². The lowest BCUT2D eigenvalue weighted by atomic mass is 10.3.